The monoisotopic (exact) mass is 273 g/mol. The first-order chi connectivity index (χ1) is 9.24. The van der Waals surface area contributed by atoms with Crippen molar-refractivity contribution in [3.05, 3.63) is 41.0 Å². The maximum absolute atomic E-state index is 12.0. The molecule has 0 bridgehead atoms. The van der Waals surface area contributed by atoms with E-state index in [2.05, 4.69) is 10.3 Å². The van der Waals surface area contributed by atoms with Gasteiger partial charge >= 0.3 is 0 Å². The van der Waals surface area contributed by atoms with Gasteiger partial charge in [0.2, 0.25) is 0 Å². The van der Waals surface area contributed by atoms with Crippen LogP contribution in [0, 0.1) is 5.92 Å². The molecule has 0 saturated heterocycles. The number of carbonyl (C=O) groups is 1. The molecule has 0 aliphatic heterocycles. The fraction of sp³-hybridized carbons (Fsp3) is 0.286. The number of thiophene rings is 1. The Hall–Kier alpha value is -1.88. The SMILES string of the molecule is Nc1cc(NCc2ccncc2)sc1C(=O)C1CC1. The molecule has 1 saturated carbocycles. The van der Waals surface area contributed by atoms with Gasteiger partial charge in [0.15, 0.2) is 5.78 Å². The molecule has 2 aromatic heterocycles. The molecule has 0 unspecified atom stereocenters. The second kappa shape index (κ2) is 5.01. The van der Waals surface area contributed by atoms with Crippen molar-refractivity contribution in [1.29, 1.82) is 0 Å². The lowest BCUT2D eigenvalue weighted by atomic mass is 10.2. The Balaban J connectivity index is 1.68. The van der Waals surface area contributed by atoms with E-state index in [-0.39, 0.29) is 11.7 Å². The van der Waals surface area contributed by atoms with Gasteiger partial charge in [0.1, 0.15) is 0 Å². The Morgan fingerprint density at radius 3 is 2.84 bits per heavy atom. The number of anilines is 2. The van der Waals surface area contributed by atoms with Gasteiger partial charge in [-0.25, -0.2) is 0 Å². The van der Waals surface area contributed by atoms with E-state index in [1.54, 1.807) is 12.4 Å². The van der Waals surface area contributed by atoms with Gasteiger partial charge in [-0.05, 0) is 36.6 Å². The molecule has 0 atom stereocenters. The summed E-state index contributed by atoms with van der Waals surface area (Å²) in [6.45, 7) is 0.708. The summed E-state index contributed by atoms with van der Waals surface area (Å²) in [5.41, 5.74) is 7.66. The van der Waals surface area contributed by atoms with E-state index >= 15 is 0 Å². The van der Waals surface area contributed by atoms with Crippen LogP contribution in [0.5, 0.6) is 0 Å². The zero-order valence-electron chi connectivity index (χ0n) is 10.4. The van der Waals surface area contributed by atoms with Crippen LogP contribution in [0.4, 0.5) is 10.7 Å². The van der Waals surface area contributed by atoms with E-state index in [9.17, 15) is 4.79 Å². The molecule has 1 aliphatic carbocycles. The molecular formula is C14H15N3OS. The summed E-state index contributed by atoms with van der Waals surface area (Å²) in [4.78, 5) is 16.7. The van der Waals surface area contributed by atoms with E-state index in [0.717, 1.165) is 23.4 Å². The van der Waals surface area contributed by atoms with E-state index in [1.165, 1.54) is 11.3 Å². The minimum absolute atomic E-state index is 0.208. The summed E-state index contributed by atoms with van der Waals surface area (Å²) < 4.78 is 0. The zero-order valence-corrected chi connectivity index (χ0v) is 11.2. The smallest absolute Gasteiger partial charge is 0.178 e. The molecule has 3 N–H and O–H groups in total. The van der Waals surface area contributed by atoms with E-state index in [4.69, 9.17) is 5.73 Å². The number of nitrogen functional groups attached to an aromatic ring is 1. The van der Waals surface area contributed by atoms with Crippen LogP contribution in [-0.2, 0) is 6.54 Å². The molecule has 1 aliphatic rings. The maximum Gasteiger partial charge on any atom is 0.178 e. The molecule has 0 spiro atoms. The van der Waals surface area contributed by atoms with E-state index < -0.39 is 0 Å². The number of pyridine rings is 1. The summed E-state index contributed by atoms with van der Waals surface area (Å²) in [5, 5.41) is 4.24. The summed E-state index contributed by atoms with van der Waals surface area (Å²) in [7, 11) is 0. The molecular weight excluding hydrogens is 258 g/mol. The van der Waals surface area contributed by atoms with Crippen molar-refractivity contribution in [2.45, 2.75) is 19.4 Å². The molecule has 2 aromatic rings. The molecule has 3 rings (SSSR count). The van der Waals surface area contributed by atoms with Crippen molar-refractivity contribution in [3.63, 3.8) is 0 Å². The summed E-state index contributed by atoms with van der Waals surface area (Å²) in [6.07, 6.45) is 5.55. The van der Waals surface area contributed by atoms with Crippen LogP contribution in [0.3, 0.4) is 0 Å². The molecule has 4 nitrogen and oxygen atoms in total. The Labute approximate surface area is 115 Å². The van der Waals surface area contributed by atoms with Crippen LogP contribution in [0.25, 0.3) is 0 Å². The first kappa shape index (κ1) is 12.2. The quantitative estimate of drug-likeness (QED) is 0.822. The van der Waals surface area contributed by atoms with Crippen LogP contribution in [0.2, 0.25) is 0 Å². The van der Waals surface area contributed by atoms with Crippen molar-refractivity contribution in [1.82, 2.24) is 4.98 Å². The number of ketones is 1. The number of carbonyl (C=O) groups excluding carboxylic acids is 1. The van der Waals surface area contributed by atoms with Gasteiger partial charge in [-0.3, -0.25) is 9.78 Å². The third kappa shape index (κ3) is 2.76. The number of Topliss-reactive ketones (excluding diaryl/α,β-unsaturated/α-hetero) is 1. The molecule has 0 aromatic carbocycles. The molecule has 0 radical (unpaired) electrons. The van der Waals surface area contributed by atoms with Gasteiger partial charge in [-0.15, -0.1) is 11.3 Å². The predicted octanol–water partition coefficient (Wildman–Crippen LogP) is 2.93. The Kier molecular flexibility index (Phi) is 3.21. The van der Waals surface area contributed by atoms with Crippen LogP contribution >= 0.6 is 11.3 Å². The van der Waals surface area contributed by atoms with Gasteiger partial charge in [-0.1, -0.05) is 0 Å². The third-order valence-corrected chi connectivity index (χ3v) is 4.27. The summed E-state index contributed by atoms with van der Waals surface area (Å²) in [5.74, 6) is 0.424. The topological polar surface area (TPSA) is 68.0 Å². The number of aromatic nitrogens is 1. The Morgan fingerprint density at radius 2 is 2.16 bits per heavy atom. The Morgan fingerprint density at radius 1 is 1.42 bits per heavy atom. The standard InChI is InChI=1S/C14H15N3OS/c15-11-7-12(17-8-9-3-5-16-6-4-9)19-14(11)13(18)10-1-2-10/h3-7,10,17H,1-2,8,15H2. The van der Waals surface area contributed by atoms with Crippen molar-refractivity contribution in [3.8, 4) is 0 Å². The van der Waals surface area contributed by atoms with Crippen molar-refractivity contribution >= 4 is 27.8 Å². The van der Waals surface area contributed by atoms with Gasteiger partial charge in [0.05, 0.1) is 15.6 Å². The summed E-state index contributed by atoms with van der Waals surface area (Å²) in [6, 6.07) is 5.77. The highest BCUT2D eigenvalue weighted by molar-refractivity contribution is 7.18. The number of hydrogen-bond acceptors (Lipinski definition) is 5. The minimum Gasteiger partial charge on any atom is -0.397 e. The van der Waals surface area contributed by atoms with Crippen LogP contribution in [-0.4, -0.2) is 10.8 Å². The normalized spacial score (nSPS) is 14.3. The first-order valence-corrected chi connectivity index (χ1v) is 7.12. The fourth-order valence-electron chi connectivity index (χ4n) is 1.91. The Bertz CT molecular complexity index is 590. The average Bonchev–Trinajstić information content (AvgIpc) is 3.21. The lowest BCUT2D eigenvalue weighted by Crippen LogP contribution is -2.01. The lowest BCUT2D eigenvalue weighted by Gasteiger charge is -2.02. The van der Waals surface area contributed by atoms with Gasteiger partial charge in [0.25, 0.3) is 0 Å². The molecule has 2 heterocycles. The highest BCUT2D eigenvalue weighted by Crippen LogP contribution is 2.38. The van der Waals surface area contributed by atoms with Crippen molar-refractivity contribution in [2.24, 2.45) is 5.92 Å². The number of hydrogen-bond donors (Lipinski definition) is 2. The predicted molar refractivity (Wildman–Crippen MR) is 77.3 cm³/mol. The highest BCUT2D eigenvalue weighted by Gasteiger charge is 2.32. The van der Waals surface area contributed by atoms with Gasteiger partial charge < -0.3 is 11.1 Å². The number of nitrogens with zero attached hydrogens (tertiary/aromatic N) is 1. The second-order valence-corrected chi connectivity index (χ2v) is 5.79. The van der Waals surface area contributed by atoms with Crippen molar-refractivity contribution in [2.75, 3.05) is 11.1 Å². The van der Waals surface area contributed by atoms with Crippen molar-refractivity contribution < 1.29 is 4.79 Å². The minimum atomic E-state index is 0.208. The van der Waals surface area contributed by atoms with Gasteiger partial charge in [-0.2, -0.15) is 0 Å². The molecule has 0 amide bonds. The molecule has 98 valence electrons. The zero-order chi connectivity index (χ0) is 13.2. The highest BCUT2D eigenvalue weighted by atomic mass is 32.1. The maximum atomic E-state index is 12.0. The third-order valence-electron chi connectivity index (χ3n) is 3.15. The lowest BCUT2D eigenvalue weighted by molar-refractivity contribution is 0.0972. The number of rotatable bonds is 5. The fourth-order valence-corrected chi connectivity index (χ4v) is 2.90. The van der Waals surface area contributed by atoms with Crippen LogP contribution in [0.15, 0.2) is 30.6 Å². The summed E-state index contributed by atoms with van der Waals surface area (Å²) >= 11 is 1.45. The van der Waals surface area contributed by atoms with E-state index in [1.807, 2.05) is 18.2 Å². The van der Waals surface area contributed by atoms with Crippen LogP contribution in [0.1, 0.15) is 28.1 Å². The van der Waals surface area contributed by atoms with E-state index in [0.29, 0.717) is 17.1 Å². The average molecular weight is 273 g/mol. The molecule has 5 heteroatoms. The van der Waals surface area contributed by atoms with Crippen LogP contribution < -0.4 is 11.1 Å². The molecule has 1 fully saturated rings. The largest absolute Gasteiger partial charge is 0.397 e. The van der Waals surface area contributed by atoms with Gasteiger partial charge in [0, 0.05) is 24.9 Å². The number of nitrogens with one attached hydrogen (secondary N) is 1. The molecule has 19 heavy (non-hydrogen) atoms. The first-order valence-electron chi connectivity index (χ1n) is 6.30. The number of nitrogens with two attached hydrogens (primary N) is 1. The second-order valence-electron chi connectivity index (χ2n) is 4.74.